The third-order valence-corrected chi connectivity index (χ3v) is 4.97. The summed E-state index contributed by atoms with van der Waals surface area (Å²) in [5.41, 5.74) is 0.419. The maximum absolute atomic E-state index is 3.48. The van der Waals surface area contributed by atoms with E-state index in [-0.39, 0.29) is 0 Å². The Hall–Kier alpha value is -0.0800. The van der Waals surface area contributed by atoms with Gasteiger partial charge in [0.2, 0.25) is 0 Å². The maximum Gasteiger partial charge on any atom is 0.0193 e. The Morgan fingerprint density at radius 1 is 1.00 bits per heavy atom. The molecule has 1 atom stereocenters. The lowest BCUT2D eigenvalue weighted by molar-refractivity contribution is 0.0131. The third-order valence-electron chi connectivity index (χ3n) is 4.97. The van der Waals surface area contributed by atoms with E-state index in [9.17, 15) is 0 Å². The summed E-state index contributed by atoms with van der Waals surface area (Å²) in [4.78, 5) is 2.82. The van der Waals surface area contributed by atoms with Gasteiger partial charge in [-0.2, -0.15) is 0 Å². The van der Waals surface area contributed by atoms with Crippen LogP contribution in [0.1, 0.15) is 65.2 Å². The molecular formula is C15H30N2. The SMILES string of the molecule is CNC1CCC(C)(C)N(C2CCCCCC2)C1. The first kappa shape index (κ1) is 13.4. The van der Waals surface area contributed by atoms with Gasteiger partial charge < -0.3 is 5.32 Å². The summed E-state index contributed by atoms with van der Waals surface area (Å²) < 4.78 is 0. The average molecular weight is 238 g/mol. The van der Waals surface area contributed by atoms with Gasteiger partial charge in [-0.05, 0) is 46.6 Å². The lowest BCUT2D eigenvalue weighted by Crippen LogP contribution is -2.58. The van der Waals surface area contributed by atoms with Gasteiger partial charge in [0.25, 0.3) is 0 Å². The molecule has 1 heterocycles. The molecule has 2 fully saturated rings. The second-order valence-electron chi connectivity index (χ2n) is 6.63. The van der Waals surface area contributed by atoms with Gasteiger partial charge in [0, 0.05) is 24.2 Å². The van der Waals surface area contributed by atoms with Crippen molar-refractivity contribution < 1.29 is 0 Å². The molecule has 0 spiro atoms. The number of likely N-dealkylation sites (tertiary alicyclic amines) is 1. The monoisotopic (exact) mass is 238 g/mol. The van der Waals surface area contributed by atoms with E-state index in [2.05, 4.69) is 31.1 Å². The van der Waals surface area contributed by atoms with Crippen molar-refractivity contribution in [2.75, 3.05) is 13.6 Å². The topological polar surface area (TPSA) is 15.3 Å². The summed E-state index contributed by atoms with van der Waals surface area (Å²) in [5, 5.41) is 3.48. The van der Waals surface area contributed by atoms with E-state index in [1.807, 2.05) is 0 Å². The maximum atomic E-state index is 3.48. The number of likely N-dealkylation sites (N-methyl/N-ethyl adjacent to an activating group) is 1. The van der Waals surface area contributed by atoms with Crippen molar-refractivity contribution >= 4 is 0 Å². The highest BCUT2D eigenvalue weighted by atomic mass is 15.2. The molecule has 1 saturated carbocycles. The molecule has 2 aliphatic rings. The molecule has 0 bridgehead atoms. The van der Waals surface area contributed by atoms with Crippen molar-refractivity contribution in [1.82, 2.24) is 10.2 Å². The van der Waals surface area contributed by atoms with E-state index in [1.54, 1.807) is 0 Å². The molecule has 2 heteroatoms. The van der Waals surface area contributed by atoms with E-state index < -0.39 is 0 Å². The van der Waals surface area contributed by atoms with Crippen LogP contribution in [0.15, 0.2) is 0 Å². The minimum atomic E-state index is 0.419. The molecule has 0 radical (unpaired) electrons. The molecule has 0 aromatic carbocycles. The molecule has 1 N–H and O–H groups in total. The molecule has 0 aromatic rings. The van der Waals surface area contributed by atoms with Crippen molar-refractivity contribution in [3.8, 4) is 0 Å². The fraction of sp³-hybridized carbons (Fsp3) is 1.00. The van der Waals surface area contributed by atoms with Crippen LogP contribution in [0.4, 0.5) is 0 Å². The molecule has 1 aliphatic heterocycles. The molecule has 1 aliphatic carbocycles. The predicted molar refractivity (Wildman–Crippen MR) is 74.4 cm³/mol. The molecule has 2 rings (SSSR count). The first-order valence-electron chi connectivity index (χ1n) is 7.57. The standard InChI is InChI=1S/C15H30N2/c1-15(2)11-10-13(16-3)12-17(15)14-8-6-4-5-7-9-14/h13-14,16H,4-12H2,1-3H3. The molecule has 0 aromatic heterocycles. The van der Waals surface area contributed by atoms with Crippen LogP contribution in [0.3, 0.4) is 0 Å². The van der Waals surface area contributed by atoms with Crippen LogP contribution >= 0.6 is 0 Å². The first-order valence-corrected chi connectivity index (χ1v) is 7.57. The average Bonchev–Trinajstić information content (AvgIpc) is 2.57. The van der Waals surface area contributed by atoms with Gasteiger partial charge in [-0.1, -0.05) is 25.7 Å². The molecule has 0 amide bonds. The van der Waals surface area contributed by atoms with Crippen LogP contribution in [0.2, 0.25) is 0 Å². The Morgan fingerprint density at radius 2 is 1.65 bits per heavy atom. The molecule has 1 saturated heterocycles. The van der Waals surface area contributed by atoms with Crippen molar-refractivity contribution in [2.45, 2.75) is 82.8 Å². The third kappa shape index (κ3) is 3.23. The van der Waals surface area contributed by atoms with Crippen LogP contribution in [-0.2, 0) is 0 Å². The number of piperidine rings is 1. The number of nitrogens with zero attached hydrogens (tertiary/aromatic N) is 1. The highest BCUT2D eigenvalue weighted by Crippen LogP contribution is 2.33. The molecular weight excluding hydrogens is 208 g/mol. The second-order valence-corrected chi connectivity index (χ2v) is 6.63. The van der Waals surface area contributed by atoms with E-state index in [0.717, 1.165) is 6.04 Å². The summed E-state index contributed by atoms with van der Waals surface area (Å²) in [6.07, 6.45) is 11.4. The Labute approximate surface area is 107 Å². The first-order chi connectivity index (χ1) is 8.13. The van der Waals surface area contributed by atoms with Gasteiger partial charge >= 0.3 is 0 Å². The Morgan fingerprint density at radius 3 is 2.24 bits per heavy atom. The lowest BCUT2D eigenvalue weighted by atomic mass is 9.85. The minimum Gasteiger partial charge on any atom is -0.316 e. The predicted octanol–water partition coefficient (Wildman–Crippen LogP) is 3.17. The number of hydrogen-bond donors (Lipinski definition) is 1. The van der Waals surface area contributed by atoms with Gasteiger partial charge in [-0.15, -0.1) is 0 Å². The van der Waals surface area contributed by atoms with Gasteiger partial charge in [0.1, 0.15) is 0 Å². The second kappa shape index (κ2) is 5.71. The number of hydrogen-bond acceptors (Lipinski definition) is 2. The van der Waals surface area contributed by atoms with Crippen LogP contribution in [0.25, 0.3) is 0 Å². The highest BCUT2D eigenvalue weighted by Gasteiger charge is 2.37. The zero-order valence-electron chi connectivity index (χ0n) is 12.0. The summed E-state index contributed by atoms with van der Waals surface area (Å²) in [6, 6.07) is 1.56. The zero-order chi connectivity index (χ0) is 12.3. The van der Waals surface area contributed by atoms with Crippen LogP contribution in [-0.4, -0.2) is 36.1 Å². The van der Waals surface area contributed by atoms with Crippen LogP contribution in [0, 0.1) is 0 Å². The smallest absolute Gasteiger partial charge is 0.0193 e. The quantitative estimate of drug-likeness (QED) is 0.743. The van der Waals surface area contributed by atoms with Gasteiger partial charge in [0.15, 0.2) is 0 Å². The van der Waals surface area contributed by atoms with Gasteiger partial charge in [-0.3, -0.25) is 4.90 Å². The molecule has 2 nitrogen and oxygen atoms in total. The van der Waals surface area contributed by atoms with Crippen molar-refractivity contribution in [2.24, 2.45) is 0 Å². The molecule has 100 valence electrons. The summed E-state index contributed by atoms with van der Waals surface area (Å²) in [7, 11) is 2.12. The largest absolute Gasteiger partial charge is 0.316 e. The highest BCUT2D eigenvalue weighted by molar-refractivity contribution is 4.94. The van der Waals surface area contributed by atoms with E-state index in [4.69, 9.17) is 0 Å². The lowest BCUT2D eigenvalue weighted by Gasteiger charge is -2.49. The summed E-state index contributed by atoms with van der Waals surface area (Å²) >= 11 is 0. The van der Waals surface area contributed by atoms with Crippen molar-refractivity contribution in [1.29, 1.82) is 0 Å². The minimum absolute atomic E-state index is 0.419. The van der Waals surface area contributed by atoms with Crippen molar-refractivity contribution in [3.63, 3.8) is 0 Å². The Balaban J connectivity index is 2.03. The van der Waals surface area contributed by atoms with Crippen LogP contribution in [0.5, 0.6) is 0 Å². The molecule has 1 unspecified atom stereocenters. The van der Waals surface area contributed by atoms with E-state index in [0.29, 0.717) is 11.6 Å². The van der Waals surface area contributed by atoms with Gasteiger partial charge in [0.05, 0.1) is 0 Å². The zero-order valence-corrected chi connectivity index (χ0v) is 12.0. The normalized spacial score (nSPS) is 32.3. The number of rotatable bonds is 2. The van der Waals surface area contributed by atoms with E-state index >= 15 is 0 Å². The van der Waals surface area contributed by atoms with Gasteiger partial charge in [-0.25, -0.2) is 0 Å². The Kier molecular flexibility index (Phi) is 4.48. The Bertz CT molecular complexity index is 229. The molecule has 17 heavy (non-hydrogen) atoms. The van der Waals surface area contributed by atoms with Crippen LogP contribution < -0.4 is 5.32 Å². The number of nitrogens with one attached hydrogen (secondary N) is 1. The summed E-state index contributed by atoms with van der Waals surface area (Å²) in [5.74, 6) is 0. The summed E-state index contributed by atoms with van der Waals surface area (Å²) in [6.45, 7) is 6.15. The van der Waals surface area contributed by atoms with Crippen molar-refractivity contribution in [3.05, 3.63) is 0 Å². The fourth-order valence-corrected chi connectivity index (χ4v) is 3.70. The fourth-order valence-electron chi connectivity index (χ4n) is 3.70. The van der Waals surface area contributed by atoms with E-state index in [1.165, 1.54) is 57.9 Å².